The molecule has 1 atom stereocenters. The fraction of sp³-hybridized carbons (Fsp3) is 0.929. The highest BCUT2D eigenvalue weighted by Crippen LogP contribution is 2.33. The summed E-state index contributed by atoms with van der Waals surface area (Å²) in [5.41, 5.74) is -0.239. The smallest absolute Gasteiger partial charge is 0.135 e. The molecule has 0 saturated carbocycles. The molecule has 2 saturated heterocycles. The quantitative estimate of drug-likeness (QED) is 0.231. The lowest BCUT2D eigenvalue weighted by molar-refractivity contribution is -0.176. The van der Waals surface area contributed by atoms with Crippen LogP contribution in [0, 0.1) is 0 Å². The summed E-state index contributed by atoms with van der Waals surface area (Å²) in [6.07, 6.45) is 15.1. The van der Waals surface area contributed by atoms with E-state index >= 15 is 0 Å². The molecule has 2 aliphatic rings. The van der Waals surface area contributed by atoms with Crippen LogP contribution in [0.5, 0.6) is 0 Å². The molecule has 0 aliphatic carbocycles. The van der Waals surface area contributed by atoms with E-state index in [1.54, 1.807) is 0 Å². The molecule has 2 rings (SSSR count). The normalized spacial score (nSPS) is 20.1. The van der Waals surface area contributed by atoms with Crippen molar-refractivity contribution in [2.75, 3.05) is 52.5 Å². The second-order valence-corrected chi connectivity index (χ2v) is 10.3. The van der Waals surface area contributed by atoms with Crippen LogP contribution in [0.4, 0.5) is 0 Å². The number of carbonyl (C=O) groups excluding carboxylic acids is 2. The molecule has 6 heteroatoms. The van der Waals surface area contributed by atoms with E-state index < -0.39 is 0 Å². The lowest BCUT2D eigenvalue weighted by atomic mass is 9.93. The SMILES string of the molecule is CCCCOCCCCCC(CCCCN1CCC(=O)CC1)(OCCCC)N1CCC(=O)CC1. The maximum absolute atomic E-state index is 12.0. The van der Waals surface area contributed by atoms with Crippen molar-refractivity contribution in [2.45, 2.75) is 116 Å². The van der Waals surface area contributed by atoms with E-state index in [-0.39, 0.29) is 5.72 Å². The van der Waals surface area contributed by atoms with Crippen LogP contribution in [-0.4, -0.2) is 79.6 Å². The number of unbranched alkanes of at least 4 members (excludes halogenated alkanes) is 5. The van der Waals surface area contributed by atoms with Crippen molar-refractivity contribution in [2.24, 2.45) is 0 Å². The van der Waals surface area contributed by atoms with Gasteiger partial charge in [0, 0.05) is 71.7 Å². The van der Waals surface area contributed by atoms with Gasteiger partial charge >= 0.3 is 0 Å². The number of hydrogen-bond acceptors (Lipinski definition) is 6. The largest absolute Gasteiger partial charge is 0.381 e. The van der Waals surface area contributed by atoms with Crippen molar-refractivity contribution >= 4 is 11.6 Å². The van der Waals surface area contributed by atoms with Crippen LogP contribution in [0.25, 0.3) is 0 Å². The van der Waals surface area contributed by atoms with Crippen LogP contribution < -0.4 is 0 Å². The summed E-state index contributed by atoms with van der Waals surface area (Å²) in [6.45, 7) is 11.5. The lowest BCUT2D eigenvalue weighted by Crippen LogP contribution is -2.54. The lowest BCUT2D eigenvalue weighted by Gasteiger charge is -2.46. The molecule has 2 fully saturated rings. The van der Waals surface area contributed by atoms with Crippen LogP contribution in [0.15, 0.2) is 0 Å². The van der Waals surface area contributed by atoms with Crippen LogP contribution in [-0.2, 0) is 19.1 Å². The average molecular weight is 481 g/mol. The Balaban J connectivity index is 1.89. The minimum absolute atomic E-state index is 0.239. The van der Waals surface area contributed by atoms with Crippen LogP contribution >= 0.6 is 0 Å². The molecule has 0 radical (unpaired) electrons. The molecule has 0 bridgehead atoms. The molecule has 0 amide bonds. The Morgan fingerprint density at radius 2 is 1.24 bits per heavy atom. The Morgan fingerprint density at radius 1 is 0.676 bits per heavy atom. The van der Waals surface area contributed by atoms with Crippen molar-refractivity contribution in [3.8, 4) is 0 Å². The van der Waals surface area contributed by atoms with Crippen molar-refractivity contribution in [1.82, 2.24) is 9.80 Å². The predicted molar refractivity (Wildman–Crippen MR) is 138 cm³/mol. The van der Waals surface area contributed by atoms with Gasteiger partial charge in [-0.05, 0) is 57.9 Å². The summed E-state index contributed by atoms with van der Waals surface area (Å²) < 4.78 is 12.5. The molecule has 0 aromatic heterocycles. The summed E-state index contributed by atoms with van der Waals surface area (Å²) in [7, 11) is 0. The standard InChI is InChI=1S/C28H52N2O4/c1-3-5-23-33-24-11-7-8-16-28(34-25-6-4-2,30-21-14-27(32)15-22-30)17-9-10-18-29-19-12-26(31)13-20-29/h3-25H2,1-2H3. The molecule has 198 valence electrons. The minimum Gasteiger partial charge on any atom is -0.381 e. The summed E-state index contributed by atoms with van der Waals surface area (Å²) in [4.78, 5) is 28.4. The molecular weight excluding hydrogens is 428 g/mol. The fourth-order valence-corrected chi connectivity index (χ4v) is 5.14. The number of nitrogens with zero attached hydrogens (tertiary/aromatic N) is 2. The Hall–Kier alpha value is -0.820. The third-order valence-corrected chi connectivity index (χ3v) is 7.47. The van der Waals surface area contributed by atoms with Crippen molar-refractivity contribution in [3.05, 3.63) is 0 Å². The maximum Gasteiger partial charge on any atom is 0.135 e. The number of carbonyl (C=O) groups is 2. The van der Waals surface area contributed by atoms with Gasteiger partial charge < -0.3 is 14.4 Å². The monoisotopic (exact) mass is 480 g/mol. The van der Waals surface area contributed by atoms with Crippen LogP contribution in [0.3, 0.4) is 0 Å². The first-order valence-electron chi connectivity index (χ1n) is 14.3. The Kier molecular flexibility index (Phi) is 15.2. The molecule has 0 aromatic rings. The zero-order valence-electron chi connectivity index (χ0n) is 22.3. The third kappa shape index (κ3) is 11.3. The van der Waals surface area contributed by atoms with Gasteiger partial charge in [-0.1, -0.05) is 33.1 Å². The summed E-state index contributed by atoms with van der Waals surface area (Å²) in [6, 6.07) is 0. The molecule has 2 heterocycles. The number of hydrogen-bond donors (Lipinski definition) is 0. The van der Waals surface area contributed by atoms with E-state index in [4.69, 9.17) is 9.47 Å². The first-order valence-corrected chi connectivity index (χ1v) is 14.3. The summed E-state index contributed by atoms with van der Waals surface area (Å²) >= 11 is 0. The first kappa shape index (κ1) is 29.4. The van der Waals surface area contributed by atoms with Gasteiger partial charge in [-0.3, -0.25) is 14.5 Å². The molecule has 2 aliphatic heterocycles. The first-order chi connectivity index (χ1) is 16.6. The van der Waals surface area contributed by atoms with Crippen molar-refractivity contribution < 1.29 is 19.1 Å². The zero-order valence-corrected chi connectivity index (χ0v) is 22.3. The summed E-state index contributed by atoms with van der Waals surface area (Å²) in [5, 5.41) is 0. The zero-order chi connectivity index (χ0) is 24.5. The van der Waals surface area contributed by atoms with Gasteiger partial charge in [0.2, 0.25) is 0 Å². The highest BCUT2D eigenvalue weighted by molar-refractivity contribution is 5.79. The molecule has 0 aromatic carbocycles. The van der Waals surface area contributed by atoms with Gasteiger partial charge in [0.15, 0.2) is 0 Å². The van der Waals surface area contributed by atoms with Crippen molar-refractivity contribution in [1.29, 1.82) is 0 Å². The van der Waals surface area contributed by atoms with E-state index in [1.165, 1.54) is 12.8 Å². The van der Waals surface area contributed by atoms with Gasteiger partial charge in [0.25, 0.3) is 0 Å². The molecular formula is C28H52N2O4. The summed E-state index contributed by atoms with van der Waals surface area (Å²) in [5.74, 6) is 0.803. The number of piperidine rings is 2. The Morgan fingerprint density at radius 3 is 1.88 bits per heavy atom. The number of likely N-dealkylation sites (tertiary alicyclic amines) is 2. The highest BCUT2D eigenvalue weighted by Gasteiger charge is 2.38. The van der Waals surface area contributed by atoms with E-state index in [2.05, 4.69) is 23.6 Å². The number of ether oxygens (including phenoxy) is 2. The molecule has 6 nitrogen and oxygen atoms in total. The predicted octanol–water partition coefficient (Wildman–Crippen LogP) is 5.38. The average Bonchev–Trinajstić information content (AvgIpc) is 2.85. The van der Waals surface area contributed by atoms with Gasteiger partial charge in [-0.25, -0.2) is 0 Å². The topological polar surface area (TPSA) is 59.1 Å². The van der Waals surface area contributed by atoms with Gasteiger partial charge in [0.1, 0.15) is 17.3 Å². The number of Topliss-reactive ketones (excluding diaryl/α,β-unsaturated/α-hetero) is 2. The third-order valence-electron chi connectivity index (χ3n) is 7.47. The van der Waals surface area contributed by atoms with Gasteiger partial charge in [0.05, 0.1) is 0 Å². The molecule has 1 unspecified atom stereocenters. The van der Waals surface area contributed by atoms with E-state index in [9.17, 15) is 9.59 Å². The Bertz CT molecular complexity index is 551. The Labute approximate surface area is 209 Å². The van der Waals surface area contributed by atoms with E-state index in [0.717, 1.165) is 110 Å². The highest BCUT2D eigenvalue weighted by atomic mass is 16.5. The van der Waals surface area contributed by atoms with Gasteiger partial charge in [-0.2, -0.15) is 0 Å². The fourth-order valence-electron chi connectivity index (χ4n) is 5.14. The van der Waals surface area contributed by atoms with Gasteiger partial charge in [-0.15, -0.1) is 0 Å². The molecule has 34 heavy (non-hydrogen) atoms. The van der Waals surface area contributed by atoms with Crippen LogP contribution in [0.2, 0.25) is 0 Å². The second-order valence-electron chi connectivity index (χ2n) is 10.3. The van der Waals surface area contributed by atoms with Crippen molar-refractivity contribution in [3.63, 3.8) is 0 Å². The van der Waals surface area contributed by atoms with Crippen LogP contribution in [0.1, 0.15) is 110 Å². The molecule has 0 N–H and O–H groups in total. The van der Waals surface area contributed by atoms with E-state index in [0.29, 0.717) is 37.2 Å². The van der Waals surface area contributed by atoms with E-state index in [1.807, 2.05) is 0 Å². The maximum atomic E-state index is 12.0. The second kappa shape index (κ2) is 17.6. The number of rotatable bonds is 19. The molecule has 0 spiro atoms. The minimum atomic E-state index is -0.239. The number of ketones is 2.